The Morgan fingerprint density at radius 1 is 1.48 bits per heavy atom. The third-order valence-corrected chi connectivity index (χ3v) is 4.13. The number of rotatable bonds is 6. The number of ether oxygens (including phenoxy) is 1. The van der Waals surface area contributed by atoms with Crippen molar-refractivity contribution < 1.29 is 4.74 Å². The Morgan fingerprint density at radius 3 is 2.81 bits per heavy atom. The number of anilines is 1. The number of hydrogen-bond donors (Lipinski definition) is 1. The summed E-state index contributed by atoms with van der Waals surface area (Å²) in [4.78, 5) is 18.4. The van der Waals surface area contributed by atoms with Crippen LogP contribution in [0.25, 0.3) is 0 Å². The van der Waals surface area contributed by atoms with Crippen molar-refractivity contribution in [2.24, 2.45) is 7.05 Å². The number of piperidine rings is 1. The summed E-state index contributed by atoms with van der Waals surface area (Å²) in [5.41, 5.74) is -0.0188. The fourth-order valence-electron chi connectivity index (χ4n) is 2.78. The summed E-state index contributed by atoms with van der Waals surface area (Å²) in [7, 11) is 3.50. The molecule has 0 unspecified atom stereocenters. The Balaban J connectivity index is 1.91. The summed E-state index contributed by atoms with van der Waals surface area (Å²) in [5, 5.41) is 3.65. The maximum atomic E-state index is 12.1. The van der Waals surface area contributed by atoms with Crippen LogP contribution in [-0.2, 0) is 11.8 Å². The molecule has 0 spiro atoms. The maximum Gasteiger partial charge on any atom is 0.293 e. The van der Waals surface area contributed by atoms with Crippen LogP contribution in [0.15, 0.2) is 17.2 Å². The van der Waals surface area contributed by atoms with Crippen molar-refractivity contribution >= 4 is 5.82 Å². The van der Waals surface area contributed by atoms with Crippen molar-refractivity contribution in [2.75, 3.05) is 31.7 Å². The SMILES string of the molecule is CC[C@@H](COC)NC1CCN(c2nccn(C)c2=O)CC1. The van der Waals surface area contributed by atoms with E-state index in [1.807, 2.05) is 0 Å². The number of methoxy groups -OCH3 is 1. The number of aromatic nitrogens is 2. The second-order valence-electron chi connectivity index (χ2n) is 5.66. The van der Waals surface area contributed by atoms with Gasteiger partial charge in [-0.25, -0.2) is 4.98 Å². The Morgan fingerprint density at radius 2 is 2.19 bits per heavy atom. The first kappa shape index (κ1) is 16.0. The smallest absolute Gasteiger partial charge is 0.293 e. The highest BCUT2D eigenvalue weighted by molar-refractivity contribution is 5.36. The Labute approximate surface area is 126 Å². The summed E-state index contributed by atoms with van der Waals surface area (Å²) in [6.07, 6.45) is 6.50. The average molecular weight is 294 g/mol. The van der Waals surface area contributed by atoms with Crippen LogP contribution in [0.1, 0.15) is 26.2 Å². The third-order valence-electron chi connectivity index (χ3n) is 4.13. The van der Waals surface area contributed by atoms with Gasteiger partial charge in [0.05, 0.1) is 6.61 Å². The molecule has 0 saturated carbocycles. The van der Waals surface area contributed by atoms with Crippen LogP contribution in [0.3, 0.4) is 0 Å². The molecule has 6 heteroatoms. The lowest BCUT2D eigenvalue weighted by molar-refractivity contribution is 0.155. The Hall–Kier alpha value is -1.40. The van der Waals surface area contributed by atoms with E-state index in [4.69, 9.17) is 4.74 Å². The van der Waals surface area contributed by atoms with Gasteiger partial charge in [0, 0.05) is 51.7 Å². The van der Waals surface area contributed by atoms with Gasteiger partial charge in [0.15, 0.2) is 5.82 Å². The van der Waals surface area contributed by atoms with Gasteiger partial charge in [0.25, 0.3) is 5.56 Å². The molecule has 1 atom stereocenters. The Kier molecular flexibility index (Phi) is 5.76. The molecule has 0 aliphatic carbocycles. The summed E-state index contributed by atoms with van der Waals surface area (Å²) in [5.74, 6) is 0.572. The molecule has 1 fully saturated rings. The van der Waals surface area contributed by atoms with Gasteiger partial charge in [-0.1, -0.05) is 6.92 Å². The van der Waals surface area contributed by atoms with Gasteiger partial charge in [0.1, 0.15) is 0 Å². The normalized spacial score (nSPS) is 18.0. The second kappa shape index (κ2) is 7.56. The minimum atomic E-state index is -0.0188. The van der Waals surface area contributed by atoms with E-state index in [-0.39, 0.29) is 5.56 Å². The molecule has 2 rings (SSSR count). The van der Waals surface area contributed by atoms with E-state index in [1.165, 1.54) is 0 Å². The summed E-state index contributed by atoms with van der Waals surface area (Å²) in [6.45, 7) is 4.65. The van der Waals surface area contributed by atoms with E-state index in [0.717, 1.165) is 39.0 Å². The van der Waals surface area contributed by atoms with E-state index in [2.05, 4.69) is 22.1 Å². The van der Waals surface area contributed by atoms with Crippen LogP contribution < -0.4 is 15.8 Å². The lowest BCUT2D eigenvalue weighted by Gasteiger charge is -2.34. The zero-order valence-electron chi connectivity index (χ0n) is 13.2. The molecule has 0 radical (unpaired) electrons. The largest absolute Gasteiger partial charge is 0.383 e. The molecule has 1 saturated heterocycles. The standard InChI is InChI=1S/C15H26N4O2/c1-4-12(11-21-3)17-13-5-8-19(9-6-13)14-15(20)18(2)10-7-16-14/h7,10,12-13,17H,4-6,8-9,11H2,1-3H3/t12-/m0/s1. The predicted molar refractivity (Wildman–Crippen MR) is 83.8 cm³/mol. The molecular weight excluding hydrogens is 268 g/mol. The van der Waals surface area contributed by atoms with Crippen molar-refractivity contribution in [3.63, 3.8) is 0 Å². The lowest BCUT2D eigenvalue weighted by atomic mass is 10.0. The highest BCUT2D eigenvalue weighted by Crippen LogP contribution is 2.15. The molecule has 118 valence electrons. The van der Waals surface area contributed by atoms with E-state index < -0.39 is 0 Å². The molecule has 21 heavy (non-hydrogen) atoms. The summed E-state index contributed by atoms with van der Waals surface area (Å²) < 4.78 is 6.81. The molecule has 1 aromatic heterocycles. The van der Waals surface area contributed by atoms with E-state index in [9.17, 15) is 4.79 Å². The van der Waals surface area contributed by atoms with Gasteiger partial charge in [-0.05, 0) is 19.3 Å². The topological polar surface area (TPSA) is 59.4 Å². The first-order valence-corrected chi connectivity index (χ1v) is 7.67. The van der Waals surface area contributed by atoms with Crippen LogP contribution in [0.2, 0.25) is 0 Å². The summed E-state index contributed by atoms with van der Waals surface area (Å²) >= 11 is 0. The fourth-order valence-corrected chi connectivity index (χ4v) is 2.78. The number of hydrogen-bond acceptors (Lipinski definition) is 5. The molecule has 2 heterocycles. The van der Waals surface area contributed by atoms with Crippen molar-refractivity contribution in [2.45, 2.75) is 38.3 Å². The first-order chi connectivity index (χ1) is 10.2. The highest BCUT2D eigenvalue weighted by atomic mass is 16.5. The average Bonchev–Trinajstić information content (AvgIpc) is 2.50. The minimum Gasteiger partial charge on any atom is -0.383 e. The fraction of sp³-hybridized carbons (Fsp3) is 0.733. The van der Waals surface area contributed by atoms with Crippen molar-refractivity contribution in [3.8, 4) is 0 Å². The highest BCUT2D eigenvalue weighted by Gasteiger charge is 2.23. The van der Waals surface area contributed by atoms with E-state index >= 15 is 0 Å². The van der Waals surface area contributed by atoms with Gasteiger partial charge in [-0.15, -0.1) is 0 Å². The monoisotopic (exact) mass is 294 g/mol. The lowest BCUT2D eigenvalue weighted by Crippen LogP contribution is -2.48. The van der Waals surface area contributed by atoms with Crippen LogP contribution in [0, 0.1) is 0 Å². The zero-order chi connectivity index (χ0) is 15.2. The van der Waals surface area contributed by atoms with Crippen LogP contribution >= 0.6 is 0 Å². The first-order valence-electron chi connectivity index (χ1n) is 7.67. The molecule has 6 nitrogen and oxygen atoms in total. The van der Waals surface area contributed by atoms with Crippen molar-refractivity contribution in [1.82, 2.24) is 14.9 Å². The predicted octanol–water partition coefficient (Wildman–Crippen LogP) is 0.764. The molecule has 1 aliphatic rings. The molecule has 1 aliphatic heterocycles. The second-order valence-corrected chi connectivity index (χ2v) is 5.66. The quantitative estimate of drug-likeness (QED) is 0.839. The van der Waals surface area contributed by atoms with Gasteiger partial charge < -0.3 is 19.5 Å². The molecule has 1 N–H and O–H groups in total. The molecule has 0 amide bonds. The van der Waals surface area contributed by atoms with Crippen LogP contribution in [0.4, 0.5) is 5.82 Å². The zero-order valence-corrected chi connectivity index (χ0v) is 13.2. The maximum absolute atomic E-state index is 12.1. The van der Waals surface area contributed by atoms with Gasteiger partial charge in [-0.3, -0.25) is 4.79 Å². The number of nitrogens with one attached hydrogen (secondary N) is 1. The Bertz CT molecular complexity index is 495. The number of aryl methyl sites for hydroxylation is 1. The van der Waals surface area contributed by atoms with Gasteiger partial charge >= 0.3 is 0 Å². The molecule has 0 aromatic carbocycles. The van der Waals surface area contributed by atoms with Gasteiger partial charge in [0.2, 0.25) is 0 Å². The van der Waals surface area contributed by atoms with E-state index in [1.54, 1.807) is 31.1 Å². The summed E-state index contributed by atoms with van der Waals surface area (Å²) in [6, 6.07) is 0.906. The van der Waals surface area contributed by atoms with Crippen LogP contribution in [-0.4, -0.2) is 48.4 Å². The minimum absolute atomic E-state index is 0.0188. The molecule has 0 bridgehead atoms. The number of nitrogens with zero attached hydrogens (tertiary/aromatic N) is 3. The molecule has 1 aromatic rings. The van der Waals surface area contributed by atoms with Crippen molar-refractivity contribution in [1.29, 1.82) is 0 Å². The van der Waals surface area contributed by atoms with E-state index in [0.29, 0.717) is 17.9 Å². The van der Waals surface area contributed by atoms with Crippen molar-refractivity contribution in [3.05, 3.63) is 22.7 Å². The van der Waals surface area contributed by atoms with Crippen LogP contribution in [0.5, 0.6) is 0 Å². The van der Waals surface area contributed by atoms with Gasteiger partial charge in [-0.2, -0.15) is 0 Å². The molecular formula is C15H26N4O2. The third kappa shape index (κ3) is 4.04.